The smallest absolute Gasteiger partial charge is 0.359 e. The van der Waals surface area contributed by atoms with E-state index in [1.165, 1.54) is 11.1 Å². The van der Waals surface area contributed by atoms with Crippen LogP contribution in [0.2, 0.25) is 0 Å². The van der Waals surface area contributed by atoms with Gasteiger partial charge in [-0.15, -0.1) is 0 Å². The van der Waals surface area contributed by atoms with Crippen LogP contribution in [-0.4, -0.2) is 41.5 Å². The number of aromatic nitrogens is 2. The highest BCUT2D eigenvalue weighted by Gasteiger charge is 2.45. The standard InChI is InChI=1S/C19H26F2N2O3/c1-2-26-17(24)16-15(14-10-19(20,21)11-23(14)22-16)13-4-7-18(8-5-13)6-3-9-25-12-18/h13H,2-12H2,1H3/t13-,18+. The maximum atomic E-state index is 13.9. The summed E-state index contributed by atoms with van der Waals surface area (Å²) in [5.41, 5.74) is 1.73. The molecular weight excluding hydrogens is 342 g/mol. The van der Waals surface area contributed by atoms with E-state index in [9.17, 15) is 13.6 Å². The fourth-order valence-corrected chi connectivity index (χ4v) is 4.95. The Balaban J connectivity index is 1.60. The lowest BCUT2D eigenvalue weighted by molar-refractivity contribution is -0.0309. The average molecular weight is 368 g/mol. The van der Waals surface area contributed by atoms with Crippen LogP contribution < -0.4 is 0 Å². The normalized spacial score (nSPS) is 30.3. The van der Waals surface area contributed by atoms with Gasteiger partial charge in [0.15, 0.2) is 5.69 Å². The van der Waals surface area contributed by atoms with E-state index in [4.69, 9.17) is 9.47 Å². The van der Waals surface area contributed by atoms with E-state index in [1.54, 1.807) is 6.92 Å². The molecule has 1 spiro atoms. The Morgan fingerprint density at radius 1 is 1.35 bits per heavy atom. The molecule has 1 saturated carbocycles. The van der Waals surface area contributed by atoms with E-state index in [1.807, 2.05) is 0 Å². The van der Waals surface area contributed by atoms with Gasteiger partial charge in [-0.2, -0.15) is 5.10 Å². The quantitative estimate of drug-likeness (QED) is 0.764. The molecule has 0 N–H and O–H groups in total. The minimum Gasteiger partial charge on any atom is -0.461 e. The van der Waals surface area contributed by atoms with Crippen molar-refractivity contribution in [3.05, 3.63) is 17.0 Å². The lowest BCUT2D eigenvalue weighted by Crippen LogP contribution is -2.35. The van der Waals surface area contributed by atoms with E-state index in [0.717, 1.165) is 45.3 Å². The number of carbonyl (C=O) groups is 1. The minimum atomic E-state index is -2.78. The molecule has 4 rings (SSSR count). The summed E-state index contributed by atoms with van der Waals surface area (Å²) in [6.45, 7) is 3.18. The Kier molecular flexibility index (Phi) is 4.53. The van der Waals surface area contributed by atoms with Crippen molar-refractivity contribution in [3.63, 3.8) is 0 Å². The Hall–Kier alpha value is -1.50. The van der Waals surface area contributed by atoms with Crippen molar-refractivity contribution < 1.29 is 23.0 Å². The molecule has 2 fully saturated rings. The number of alkyl halides is 2. The first-order valence-electron chi connectivity index (χ1n) is 9.65. The minimum absolute atomic E-state index is 0.0969. The number of ether oxygens (including phenoxy) is 2. The van der Waals surface area contributed by atoms with Crippen LogP contribution in [0.1, 0.15) is 73.1 Å². The molecule has 3 aliphatic rings. The lowest BCUT2D eigenvalue weighted by Gasteiger charge is -2.42. The molecule has 5 nitrogen and oxygen atoms in total. The van der Waals surface area contributed by atoms with Crippen LogP contribution in [-0.2, 0) is 22.4 Å². The lowest BCUT2D eigenvalue weighted by atomic mass is 9.66. The summed E-state index contributed by atoms with van der Waals surface area (Å²) in [5.74, 6) is -3.18. The summed E-state index contributed by atoms with van der Waals surface area (Å²) < 4.78 is 39.9. The molecule has 3 heterocycles. The van der Waals surface area contributed by atoms with Crippen molar-refractivity contribution in [2.24, 2.45) is 5.41 Å². The van der Waals surface area contributed by atoms with Crippen LogP contribution in [0.25, 0.3) is 0 Å². The zero-order chi connectivity index (χ0) is 18.4. The van der Waals surface area contributed by atoms with E-state index in [2.05, 4.69) is 5.10 Å². The highest BCUT2D eigenvalue weighted by atomic mass is 19.3. The Labute approximate surface area is 152 Å². The molecule has 26 heavy (non-hydrogen) atoms. The van der Waals surface area contributed by atoms with Crippen LogP contribution in [0.3, 0.4) is 0 Å². The number of rotatable bonds is 3. The van der Waals surface area contributed by atoms with Crippen molar-refractivity contribution in [3.8, 4) is 0 Å². The summed E-state index contributed by atoms with van der Waals surface area (Å²) in [4.78, 5) is 12.4. The molecular formula is C19H26F2N2O3. The molecule has 2 aliphatic heterocycles. The number of hydrogen-bond donors (Lipinski definition) is 0. The monoisotopic (exact) mass is 368 g/mol. The zero-order valence-electron chi connectivity index (χ0n) is 15.2. The first-order chi connectivity index (χ1) is 12.4. The van der Waals surface area contributed by atoms with Gasteiger partial charge in [-0.05, 0) is 56.8 Å². The summed E-state index contributed by atoms with van der Waals surface area (Å²) in [7, 11) is 0. The van der Waals surface area contributed by atoms with E-state index in [0.29, 0.717) is 11.3 Å². The van der Waals surface area contributed by atoms with Gasteiger partial charge in [0.2, 0.25) is 0 Å². The molecule has 0 bridgehead atoms. The predicted octanol–water partition coefficient (Wildman–Crippen LogP) is 3.71. The van der Waals surface area contributed by atoms with Crippen molar-refractivity contribution in [1.29, 1.82) is 0 Å². The number of halogens is 2. The van der Waals surface area contributed by atoms with E-state index in [-0.39, 0.29) is 30.1 Å². The average Bonchev–Trinajstić information content (AvgIpc) is 3.09. The van der Waals surface area contributed by atoms with Gasteiger partial charge in [-0.1, -0.05) is 0 Å². The van der Waals surface area contributed by atoms with Gasteiger partial charge in [0, 0.05) is 17.9 Å². The third kappa shape index (κ3) is 3.15. The van der Waals surface area contributed by atoms with Crippen LogP contribution in [0.5, 0.6) is 0 Å². The summed E-state index contributed by atoms with van der Waals surface area (Å²) in [6.07, 6.45) is 5.74. The zero-order valence-corrected chi connectivity index (χ0v) is 15.2. The molecule has 1 aliphatic carbocycles. The highest BCUT2D eigenvalue weighted by molar-refractivity contribution is 5.89. The second-order valence-corrected chi connectivity index (χ2v) is 8.05. The predicted molar refractivity (Wildman–Crippen MR) is 90.5 cm³/mol. The molecule has 1 aromatic heterocycles. The fourth-order valence-electron chi connectivity index (χ4n) is 4.95. The maximum Gasteiger partial charge on any atom is 0.359 e. The molecule has 7 heteroatoms. The largest absolute Gasteiger partial charge is 0.461 e. The van der Waals surface area contributed by atoms with Crippen LogP contribution >= 0.6 is 0 Å². The molecule has 1 saturated heterocycles. The van der Waals surface area contributed by atoms with Crippen molar-refractivity contribution in [1.82, 2.24) is 9.78 Å². The molecule has 0 radical (unpaired) electrons. The number of esters is 1. The Bertz CT molecular complexity index is 685. The third-order valence-electron chi connectivity index (χ3n) is 6.23. The Morgan fingerprint density at radius 3 is 2.77 bits per heavy atom. The number of hydrogen-bond acceptors (Lipinski definition) is 4. The summed E-state index contributed by atoms with van der Waals surface area (Å²) >= 11 is 0. The van der Waals surface area contributed by atoms with Gasteiger partial charge in [0.1, 0.15) is 6.54 Å². The van der Waals surface area contributed by atoms with Crippen molar-refractivity contribution in [2.75, 3.05) is 19.8 Å². The van der Waals surface area contributed by atoms with Gasteiger partial charge >= 0.3 is 5.97 Å². The number of fused-ring (bicyclic) bond motifs is 1. The summed E-state index contributed by atoms with van der Waals surface area (Å²) in [6, 6.07) is 0. The third-order valence-corrected chi connectivity index (χ3v) is 6.23. The number of carbonyl (C=O) groups excluding carboxylic acids is 1. The molecule has 0 atom stereocenters. The Morgan fingerprint density at radius 2 is 2.12 bits per heavy atom. The van der Waals surface area contributed by atoms with E-state index >= 15 is 0 Å². The van der Waals surface area contributed by atoms with Gasteiger partial charge < -0.3 is 9.47 Å². The maximum absolute atomic E-state index is 13.9. The highest BCUT2D eigenvalue weighted by Crippen LogP contribution is 2.49. The van der Waals surface area contributed by atoms with E-state index < -0.39 is 18.4 Å². The first-order valence-corrected chi connectivity index (χ1v) is 9.65. The molecule has 0 aromatic carbocycles. The van der Waals surface area contributed by atoms with Crippen LogP contribution in [0, 0.1) is 5.41 Å². The van der Waals surface area contributed by atoms with Gasteiger partial charge in [-0.25, -0.2) is 13.6 Å². The van der Waals surface area contributed by atoms with Gasteiger partial charge in [-0.3, -0.25) is 4.68 Å². The van der Waals surface area contributed by atoms with Crippen molar-refractivity contribution >= 4 is 5.97 Å². The second-order valence-electron chi connectivity index (χ2n) is 8.05. The topological polar surface area (TPSA) is 53.3 Å². The molecule has 144 valence electrons. The van der Waals surface area contributed by atoms with Crippen LogP contribution in [0.4, 0.5) is 8.78 Å². The summed E-state index contributed by atoms with van der Waals surface area (Å²) in [5, 5.41) is 4.22. The first kappa shape index (κ1) is 17.9. The van der Waals surface area contributed by atoms with Crippen LogP contribution in [0.15, 0.2) is 0 Å². The SMILES string of the molecule is CCOC(=O)c1nn2c(c1[C@H]1CC[C@]3(CCCOC3)CC1)CC(F)(F)C2. The molecule has 0 amide bonds. The fraction of sp³-hybridized carbons (Fsp3) is 0.789. The molecule has 0 unspecified atom stereocenters. The van der Waals surface area contributed by atoms with Gasteiger partial charge in [0.25, 0.3) is 5.92 Å². The van der Waals surface area contributed by atoms with Crippen molar-refractivity contribution in [2.45, 2.75) is 70.3 Å². The molecule has 1 aromatic rings. The number of nitrogens with zero attached hydrogens (tertiary/aromatic N) is 2. The second kappa shape index (κ2) is 6.59. The van der Waals surface area contributed by atoms with Gasteiger partial charge in [0.05, 0.1) is 19.6 Å².